The van der Waals surface area contributed by atoms with Gasteiger partial charge < -0.3 is 28.4 Å². The lowest BCUT2D eigenvalue weighted by molar-refractivity contribution is 0.225. The average molecular weight is 414 g/mol. The summed E-state index contributed by atoms with van der Waals surface area (Å²) in [6.07, 6.45) is 4.82. The number of unbranched alkanes of at least 4 members (excludes halogenated alkanes) is 2. The number of epoxide rings is 3. The Kier molecular flexibility index (Phi) is 5.97. The van der Waals surface area contributed by atoms with Crippen LogP contribution in [0.5, 0.6) is 17.2 Å². The van der Waals surface area contributed by atoms with Gasteiger partial charge in [0, 0.05) is 16.3 Å². The first-order chi connectivity index (χ1) is 14.8. The molecular weight excluding hydrogens is 384 g/mol. The van der Waals surface area contributed by atoms with Gasteiger partial charge in [0.25, 0.3) is 0 Å². The van der Waals surface area contributed by atoms with Crippen LogP contribution in [0.15, 0.2) is 24.3 Å². The van der Waals surface area contributed by atoms with E-state index in [2.05, 4.69) is 19.1 Å². The van der Waals surface area contributed by atoms with E-state index in [4.69, 9.17) is 28.4 Å². The molecule has 3 fully saturated rings. The highest BCUT2D eigenvalue weighted by molar-refractivity contribution is 5.97. The molecule has 0 radical (unpaired) electrons. The summed E-state index contributed by atoms with van der Waals surface area (Å²) in [6, 6.07) is 8.26. The van der Waals surface area contributed by atoms with Crippen molar-refractivity contribution < 1.29 is 28.4 Å². The third kappa shape index (κ3) is 4.82. The van der Waals surface area contributed by atoms with E-state index in [-0.39, 0.29) is 18.3 Å². The molecule has 2 aromatic carbocycles. The lowest BCUT2D eigenvalue weighted by atomic mass is 9.98. The number of hydrogen-bond donors (Lipinski definition) is 0. The fourth-order valence-electron chi connectivity index (χ4n) is 3.67. The molecule has 3 aliphatic rings. The minimum Gasteiger partial charge on any atom is -0.490 e. The molecule has 3 atom stereocenters. The number of hydrogen-bond acceptors (Lipinski definition) is 6. The zero-order valence-corrected chi connectivity index (χ0v) is 17.6. The van der Waals surface area contributed by atoms with E-state index in [0.717, 1.165) is 79.1 Å². The van der Waals surface area contributed by atoms with Crippen molar-refractivity contribution in [2.24, 2.45) is 0 Å². The Morgan fingerprint density at radius 3 is 1.77 bits per heavy atom. The second-order valence-corrected chi connectivity index (χ2v) is 8.27. The maximum Gasteiger partial charge on any atom is 0.169 e. The zero-order valence-electron chi connectivity index (χ0n) is 17.6. The largest absolute Gasteiger partial charge is 0.490 e. The molecule has 3 saturated heterocycles. The molecule has 0 amide bonds. The monoisotopic (exact) mass is 414 g/mol. The zero-order chi connectivity index (χ0) is 20.3. The molecule has 0 aliphatic carbocycles. The van der Waals surface area contributed by atoms with Gasteiger partial charge in [0.05, 0.1) is 19.8 Å². The summed E-state index contributed by atoms with van der Waals surface area (Å²) in [5, 5.41) is 2.07. The number of ether oxygens (including phenoxy) is 6. The van der Waals surface area contributed by atoms with Crippen molar-refractivity contribution in [3.05, 3.63) is 29.8 Å². The first kappa shape index (κ1) is 19.9. The Hall–Kier alpha value is -2.02. The quantitative estimate of drug-likeness (QED) is 0.366. The van der Waals surface area contributed by atoms with E-state index < -0.39 is 0 Å². The average Bonchev–Trinajstić information content (AvgIpc) is 3.63. The highest BCUT2D eigenvalue weighted by Crippen LogP contribution is 2.47. The third-order valence-corrected chi connectivity index (χ3v) is 5.65. The normalized spacial score (nSPS) is 24.0. The molecule has 3 aliphatic heterocycles. The first-order valence-corrected chi connectivity index (χ1v) is 11.1. The molecule has 0 N–H and O–H groups in total. The molecule has 30 heavy (non-hydrogen) atoms. The van der Waals surface area contributed by atoms with Gasteiger partial charge in [0.15, 0.2) is 11.5 Å². The van der Waals surface area contributed by atoms with Gasteiger partial charge >= 0.3 is 0 Å². The van der Waals surface area contributed by atoms with Gasteiger partial charge in [-0.1, -0.05) is 44.0 Å². The summed E-state index contributed by atoms with van der Waals surface area (Å²) in [4.78, 5) is 0. The Morgan fingerprint density at radius 1 is 0.733 bits per heavy atom. The predicted octanol–water partition coefficient (Wildman–Crippen LogP) is 3.91. The minimum absolute atomic E-state index is 0.170. The van der Waals surface area contributed by atoms with Crippen LogP contribution in [0.1, 0.15) is 31.7 Å². The molecule has 2 aromatic rings. The van der Waals surface area contributed by atoms with E-state index in [0.29, 0.717) is 19.8 Å². The Morgan fingerprint density at radius 2 is 1.23 bits per heavy atom. The molecule has 5 rings (SSSR count). The van der Waals surface area contributed by atoms with Gasteiger partial charge in [-0.15, -0.1) is 0 Å². The maximum atomic E-state index is 6.34. The molecule has 162 valence electrons. The van der Waals surface area contributed by atoms with Crippen LogP contribution >= 0.6 is 0 Å². The summed E-state index contributed by atoms with van der Waals surface area (Å²) < 4.78 is 35.1. The van der Waals surface area contributed by atoms with Gasteiger partial charge in [-0.25, -0.2) is 0 Å². The second kappa shape index (κ2) is 9.00. The third-order valence-electron chi connectivity index (χ3n) is 5.65. The van der Waals surface area contributed by atoms with Crippen LogP contribution in [0, 0.1) is 0 Å². The van der Waals surface area contributed by atoms with Crippen molar-refractivity contribution in [1.82, 2.24) is 0 Å². The van der Waals surface area contributed by atoms with Crippen molar-refractivity contribution in [2.45, 2.75) is 50.9 Å². The number of rotatable bonds is 13. The molecule has 0 saturated carbocycles. The molecule has 0 bridgehead atoms. The highest BCUT2D eigenvalue weighted by atomic mass is 16.6. The van der Waals surface area contributed by atoms with Crippen LogP contribution in [-0.4, -0.2) is 58.0 Å². The first-order valence-electron chi connectivity index (χ1n) is 11.1. The van der Waals surface area contributed by atoms with E-state index >= 15 is 0 Å². The van der Waals surface area contributed by atoms with Crippen LogP contribution < -0.4 is 14.2 Å². The SMILES string of the molecule is CCCCCc1c(OCC2CO2)c(OCC2CO2)c2ccccc2c1OCC1CO1. The van der Waals surface area contributed by atoms with Crippen LogP contribution in [0.25, 0.3) is 10.8 Å². The summed E-state index contributed by atoms with van der Waals surface area (Å²) in [6.45, 7) is 6.13. The Labute approximate surface area is 177 Å². The molecule has 0 aromatic heterocycles. The van der Waals surface area contributed by atoms with Crippen molar-refractivity contribution >= 4 is 10.8 Å². The van der Waals surface area contributed by atoms with Gasteiger partial charge in [0.1, 0.15) is 43.9 Å². The topological polar surface area (TPSA) is 65.3 Å². The van der Waals surface area contributed by atoms with E-state index in [1.165, 1.54) is 0 Å². The summed E-state index contributed by atoms with van der Waals surface area (Å²) in [7, 11) is 0. The molecule has 3 heterocycles. The van der Waals surface area contributed by atoms with E-state index in [1.807, 2.05) is 12.1 Å². The minimum atomic E-state index is 0.170. The Bertz CT molecular complexity index is 870. The van der Waals surface area contributed by atoms with Crippen molar-refractivity contribution in [3.8, 4) is 17.2 Å². The van der Waals surface area contributed by atoms with Gasteiger partial charge in [0.2, 0.25) is 0 Å². The van der Waals surface area contributed by atoms with Crippen molar-refractivity contribution in [1.29, 1.82) is 0 Å². The lowest BCUT2D eigenvalue weighted by Gasteiger charge is -2.22. The molecule has 3 unspecified atom stereocenters. The molecule has 6 heteroatoms. The fourth-order valence-corrected chi connectivity index (χ4v) is 3.67. The van der Waals surface area contributed by atoms with Crippen molar-refractivity contribution in [2.75, 3.05) is 39.6 Å². The highest BCUT2D eigenvalue weighted by Gasteiger charge is 2.30. The molecule has 0 spiro atoms. The molecular formula is C24H30O6. The Balaban J connectivity index is 1.56. The van der Waals surface area contributed by atoms with Crippen LogP contribution in [-0.2, 0) is 20.6 Å². The summed E-state index contributed by atoms with van der Waals surface area (Å²) in [5.74, 6) is 2.50. The van der Waals surface area contributed by atoms with Gasteiger partial charge in [-0.2, -0.15) is 0 Å². The van der Waals surface area contributed by atoms with Crippen molar-refractivity contribution in [3.63, 3.8) is 0 Å². The summed E-state index contributed by atoms with van der Waals surface area (Å²) >= 11 is 0. The predicted molar refractivity (Wildman–Crippen MR) is 113 cm³/mol. The fraction of sp³-hybridized carbons (Fsp3) is 0.583. The van der Waals surface area contributed by atoms with E-state index in [9.17, 15) is 0 Å². The lowest BCUT2D eigenvalue weighted by Crippen LogP contribution is -2.13. The van der Waals surface area contributed by atoms with Gasteiger partial charge in [-0.05, 0) is 12.8 Å². The summed E-state index contributed by atoms with van der Waals surface area (Å²) in [5.41, 5.74) is 1.09. The van der Waals surface area contributed by atoms with Gasteiger partial charge in [-0.3, -0.25) is 0 Å². The number of benzene rings is 2. The standard InChI is InChI=1S/C24H30O6/c1-2-3-4-9-21-22(28-13-16-10-25-16)19-7-5-6-8-20(19)23(29-14-17-11-26-17)24(21)30-15-18-12-27-18/h5-8,16-18H,2-4,9-15H2,1H3. The second-order valence-electron chi connectivity index (χ2n) is 8.27. The smallest absolute Gasteiger partial charge is 0.169 e. The molecule has 6 nitrogen and oxygen atoms in total. The number of fused-ring (bicyclic) bond motifs is 1. The maximum absolute atomic E-state index is 6.34. The van der Waals surface area contributed by atoms with Crippen LogP contribution in [0.2, 0.25) is 0 Å². The van der Waals surface area contributed by atoms with E-state index in [1.54, 1.807) is 0 Å². The van der Waals surface area contributed by atoms with Crippen LogP contribution in [0.3, 0.4) is 0 Å². The van der Waals surface area contributed by atoms with Crippen LogP contribution in [0.4, 0.5) is 0 Å².